The lowest BCUT2D eigenvalue weighted by molar-refractivity contribution is 0.189. The highest BCUT2D eigenvalue weighted by atomic mass is 79.9. The van der Waals surface area contributed by atoms with Crippen molar-refractivity contribution >= 4 is 15.9 Å². The average Bonchev–Trinajstić information content (AvgIpc) is 1.88. The smallest absolute Gasteiger partial charge is 0.156 e. The molecule has 54 valence electrons. The summed E-state index contributed by atoms with van der Waals surface area (Å²) in [5.41, 5.74) is 0. The minimum Gasteiger partial charge on any atom is -0.385 e. The van der Waals surface area contributed by atoms with Crippen LogP contribution in [0.2, 0.25) is 0 Å². The molecule has 0 spiro atoms. The summed E-state index contributed by atoms with van der Waals surface area (Å²) in [6, 6.07) is 0. The lowest BCUT2D eigenvalue weighted by Gasteiger charge is -1.99. The summed E-state index contributed by atoms with van der Waals surface area (Å²) in [5, 5.41) is 8.97. The van der Waals surface area contributed by atoms with Gasteiger partial charge in [-0.15, -0.1) is 0 Å². The van der Waals surface area contributed by atoms with E-state index in [1.807, 2.05) is 0 Å². The molecular weight excluding hydrogens is 196 g/mol. The van der Waals surface area contributed by atoms with Gasteiger partial charge >= 0.3 is 0 Å². The molecule has 1 aromatic heterocycles. The van der Waals surface area contributed by atoms with Gasteiger partial charge in [0.15, 0.2) is 5.82 Å². The van der Waals surface area contributed by atoms with Gasteiger partial charge in [-0.1, -0.05) is 0 Å². The van der Waals surface area contributed by atoms with Crippen molar-refractivity contribution in [2.24, 2.45) is 0 Å². The Morgan fingerprint density at radius 1 is 1.50 bits per heavy atom. The number of halogens is 1. The second-order valence-electron chi connectivity index (χ2n) is 1.94. The molecule has 1 atom stereocenters. The van der Waals surface area contributed by atoms with Crippen LogP contribution in [0, 0.1) is 0 Å². The summed E-state index contributed by atoms with van der Waals surface area (Å²) in [6.45, 7) is 1.63. The van der Waals surface area contributed by atoms with Gasteiger partial charge in [0, 0.05) is 12.4 Å². The zero-order valence-electron chi connectivity index (χ0n) is 5.45. The number of rotatable bonds is 1. The third-order valence-corrected chi connectivity index (χ3v) is 1.42. The van der Waals surface area contributed by atoms with Gasteiger partial charge in [-0.05, 0) is 22.9 Å². The third-order valence-electron chi connectivity index (χ3n) is 1.01. The van der Waals surface area contributed by atoms with Crippen molar-refractivity contribution in [3.05, 3.63) is 22.7 Å². The molecule has 0 aliphatic carbocycles. The van der Waals surface area contributed by atoms with E-state index in [9.17, 15) is 0 Å². The second-order valence-corrected chi connectivity index (χ2v) is 2.85. The molecule has 0 aliphatic rings. The van der Waals surface area contributed by atoms with Crippen molar-refractivity contribution in [1.82, 2.24) is 9.97 Å². The van der Waals surface area contributed by atoms with Crippen molar-refractivity contribution in [3.63, 3.8) is 0 Å². The number of aliphatic hydroxyl groups is 1. The van der Waals surface area contributed by atoms with E-state index in [0.717, 1.165) is 4.47 Å². The number of aromatic nitrogens is 2. The van der Waals surface area contributed by atoms with Gasteiger partial charge in [0.05, 0.1) is 4.47 Å². The predicted octanol–water partition coefficient (Wildman–Crippen LogP) is 1.29. The van der Waals surface area contributed by atoms with E-state index in [4.69, 9.17) is 5.11 Å². The molecule has 0 amide bonds. The van der Waals surface area contributed by atoms with E-state index in [1.165, 1.54) is 0 Å². The Bertz CT molecular complexity index is 209. The van der Waals surface area contributed by atoms with Crippen molar-refractivity contribution in [3.8, 4) is 0 Å². The maximum atomic E-state index is 8.97. The average molecular weight is 203 g/mol. The van der Waals surface area contributed by atoms with Crippen LogP contribution in [0.3, 0.4) is 0 Å². The monoisotopic (exact) mass is 202 g/mol. The van der Waals surface area contributed by atoms with Crippen LogP contribution < -0.4 is 0 Å². The molecule has 0 bridgehead atoms. The third kappa shape index (κ3) is 1.75. The highest BCUT2D eigenvalue weighted by Gasteiger charge is 2.01. The van der Waals surface area contributed by atoms with Gasteiger partial charge in [-0.2, -0.15) is 0 Å². The summed E-state index contributed by atoms with van der Waals surface area (Å²) < 4.78 is 0.817. The largest absolute Gasteiger partial charge is 0.385 e. The van der Waals surface area contributed by atoms with Gasteiger partial charge in [0.2, 0.25) is 0 Å². The lowest BCUT2D eigenvalue weighted by Crippen LogP contribution is -1.97. The van der Waals surface area contributed by atoms with Crippen molar-refractivity contribution in [1.29, 1.82) is 0 Å². The van der Waals surface area contributed by atoms with Gasteiger partial charge < -0.3 is 5.11 Å². The number of hydrogen-bond donors (Lipinski definition) is 1. The Labute approximate surface area is 67.3 Å². The summed E-state index contributed by atoms with van der Waals surface area (Å²) in [6.07, 6.45) is 2.62. The SMILES string of the molecule is C[C@H](O)c1ncc(Br)cn1. The fourth-order valence-electron chi connectivity index (χ4n) is 0.538. The number of hydrogen-bond acceptors (Lipinski definition) is 3. The summed E-state index contributed by atoms with van der Waals surface area (Å²) in [7, 11) is 0. The molecule has 0 saturated heterocycles. The maximum absolute atomic E-state index is 8.97. The molecule has 1 N–H and O–H groups in total. The molecule has 1 heterocycles. The van der Waals surface area contributed by atoms with E-state index in [0.29, 0.717) is 5.82 Å². The molecule has 3 nitrogen and oxygen atoms in total. The molecule has 0 unspecified atom stereocenters. The predicted molar refractivity (Wildman–Crippen MR) is 40.4 cm³/mol. The molecule has 0 saturated carbocycles. The van der Waals surface area contributed by atoms with Crippen LogP contribution in [-0.4, -0.2) is 15.1 Å². The van der Waals surface area contributed by atoms with E-state index >= 15 is 0 Å². The Morgan fingerprint density at radius 3 is 2.40 bits per heavy atom. The van der Waals surface area contributed by atoms with E-state index in [2.05, 4.69) is 25.9 Å². The normalized spacial score (nSPS) is 13.1. The Kier molecular flexibility index (Phi) is 2.34. The molecule has 1 aromatic rings. The number of aliphatic hydroxyl groups excluding tert-OH is 1. The van der Waals surface area contributed by atoms with Crippen LogP contribution in [0.5, 0.6) is 0 Å². The van der Waals surface area contributed by atoms with Crippen LogP contribution in [0.4, 0.5) is 0 Å². The molecule has 0 aromatic carbocycles. The van der Waals surface area contributed by atoms with Crippen LogP contribution in [0.1, 0.15) is 18.9 Å². The zero-order chi connectivity index (χ0) is 7.56. The van der Waals surface area contributed by atoms with Crippen LogP contribution in [0.15, 0.2) is 16.9 Å². The highest BCUT2D eigenvalue weighted by Crippen LogP contribution is 2.08. The summed E-state index contributed by atoms with van der Waals surface area (Å²) >= 11 is 3.19. The quantitative estimate of drug-likeness (QED) is 0.747. The molecular formula is C6H7BrN2O. The van der Waals surface area contributed by atoms with E-state index < -0.39 is 6.10 Å². The molecule has 0 aliphatic heterocycles. The second kappa shape index (κ2) is 3.07. The Morgan fingerprint density at radius 2 is 2.00 bits per heavy atom. The molecule has 4 heteroatoms. The standard InChI is InChI=1S/C6H7BrN2O/c1-4(10)6-8-2-5(7)3-9-6/h2-4,10H,1H3/t4-/m0/s1. The van der Waals surface area contributed by atoms with Gasteiger partial charge in [-0.25, -0.2) is 9.97 Å². The van der Waals surface area contributed by atoms with E-state index in [1.54, 1.807) is 19.3 Å². The van der Waals surface area contributed by atoms with Crippen molar-refractivity contribution < 1.29 is 5.11 Å². The molecule has 10 heavy (non-hydrogen) atoms. The minimum absolute atomic E-state index is 0.447. The first-order valence-corrected chi connectivity index (χ1v) is 3.65. The van der Waals surface area contributed by atoms with Gasteiger partial charge in [0.1, 0.15) is 6.10 Å². The lowest BCUT2D eigenvalue weighted by atomic mass is 10.4. The first-order valence-electron chi connectivity index (χ1n) is 2.85. The number of nitrogens with zero attached hydrogens (tertiary/aromatic N) is 2. The fraction of sp³-hybridized carbons (Fsp3) is 0.333. The minimum atomic E-state index is -0.590. The van der Waals surface area contributed by atoms with Gasteiger partial charge in [0.25, 0.3) is 0 Å². The van der Waals surface area contributed by atoms with Crippen molar-refractivity contribution in [2.75, 3.05) is 0 Å². The molecule has 1 rings (SSSR count). The van der Waals surface area contributed by atoms with Gasteiger partial charge in [-0.3, -0.25) is 0 Å². The fourth-order valence-corrected chi connectivity index (χ4v) is 0.743. The maximum Gasteiger partial charge on any atom is 0.156 e. The highest BCUT2D eigenvalue weighted by molar-refractivity contribution is 9.10. The van der Waals surface area contributed by atoms with Crippen molar-refractivity contribution in [2.45, 2.75) is 13.0 Å². The molecule has 0 radical (unpaired) electrons. The Hall–Kier alpha value is -0.480. The summed E-state index contributed by atoms with van der Waals surface area (Å²) in [5.74, 6) is 0.447. The first kappa shape index (κ1) is 7.63. The van der Waals surface area contributed by atoms with Crippen LogP contribution in [-0.2, 0) is 0 Å². The molecule has 0 fully saturated rings. The first-order chi connectivity index (χ1) is 4.70. The summed E-state index contributed by atoms with van der Waals surface area (Å²) in [4.78, 5) is 7.74. The van der Waals surface area contributed by atoms with Crippen LogP contribution >= 0.6 is 15.9 Å². The zero-order valence-corrected chi connectivity index (χ0v) is 7.04. The topological polar surface area (TPSA) is 46.0 Å². The van der Waals surface area contributed by atoms with Crippen LogP contribution in [0.25, 0.3) is 0 Å². The van der Waals surface area contributed by atoms with E-state index in [-0.39, 0.29) is 0 Å². The Balaban J connectivity index is 2.89.